The molecular formula is C16H14OS. The van der Waals surface area contributed by atoms with E-state index in [9.17, 15) is 5.11 Å². The fourth-order valence-corrected chi connectivity index (χ4v) is 3.31. The van der Waals surface area contributed by atoms with Crippen molar-refractivity contribution < 1.29 is 5.11 Å². The lowest BCUT2D eigenvalue weighted by atomic mass is 10.0. The summed E-state index contributed by atoms with van der Waals surface area (Å²) in [6.45, 7) is 2.09. The third kappa shape index (κ3) is 2.00. The summed E-state index contributed by atoms with van der Waals surface area (Å²) < 4.78 is 1.29. The van der Waals surface area contributed by atoms with Gasteiger partial charge in [0.15, 0.2) is 0 Å². The zero-order chi connectivity index (χ0) is 12.5. The number of hydrogen-bond acceptors (Lipinski definition) is 2. The monoisotopic (exact) mass is 254 g/mol. The number of fused-ring (bicyclic) bond motifs is 1. The maximum absolute atomic E-state index is 9.84. The van der Waals surface area contributed by atoms with Gasteiger partial charge < -0.3 is 5.11 Å². The highest BCUT2D eigenvalue weighted by atomic mass is 32.1. The maximum Gasteiger partial charge on any atom is 0.116 e. The molecule has 3 rings (SSSR count). The molecule has 0 aliphatic rings. The lowest BCUT2D eigenvalue weighted by Gasteiger charge is -2.05. The minimum atomic E-state index is 0.356. The SMILES string of the molecule is Cc1csc2c(Cc3ccccc3)cc(O)cc12. The largest absolute Gasteiger partial charge is 0.508 e. The van der Waals surface area contributed by atoms with Gasteiger partial charge in [0.25, 0.3) is 0 Å². The summed E-state index contributed by atoms with van der Waals surface area (Å²) in [7, 11) is 0. The highest BCUT2D eigenvalue weighted by Gasteiger charge is 2.08. The van der Waals surface area contributed by atoms with Gasteiger partial charge in [0.1, 0.15) is 5.75 Å². The third-order valence-electron chi connectivity index (χ3n) is 3.17. The highest BCUT2D eigenvalue weighted by Crippen LogP contribution is 2.33. The van der Waals surface area contributed by atoms with Crippen molar-refractivity contribution in [1.29, 1.82) is 0 Å². The first-order chi connectivity index (χ1) is 8.74. The van der Waals surface area contributed by atoms with E-state index in [4.69, 9.17) is 0 Å². The van der Waals surface area contributed by atoms with Crippen LogP contribution in [0.5, 0.6) is 5.75 Å². The van der Waals surface area contributed by atoms with Gasteiger partial charge in [-0.05, 0) is 52.9 Å². The Labute approximate surface area is 110 Å². The molecule has 0 fully saturated rings. The van der Waals surface area contributed by atoms with Crippen LogP contribution >= 0.6 is 11.3 Å². The molecule has 1 aromatic heterocycles. The Balaban J connectivity index is 2.11. The number of rotatable bonds is 2. The van der Waals surface area contributed by atoms with Crippen LogP contribution in [0.15, 0.2) is 47.8 Å². The van der Waals surface area contributed by atoms with Gasteiger partial charge in [0, 0.05) is 4.70 Å². The van der Waals surface area contributed by atoms with Crippen molar-refractivity contribution in [3.05, 3.63) is 64.5 Å². The van der Waals surface area contributed by atoms with Crippen LogP contribution in [0.1, 0.15) is 16.7 Å². The zero-order valence-corrected chi connectivity index (χ0v) is 11.0. The lowest BCUT2D eigenvalue weighted by molar-refractivity contribution is 0.475. The molecule has 18 heavy (non-hydrogen) atoms. The fraction of sp³-hybridized carbons (Fsp3) is 0.125. The normalized spacial score (nSPS) is 10.9. The highest BCUT2D eigenvalue weighted by molar-refractivity contribution is 7.17. The second kappa shape index (κ2) is 4.46. The van der Waals surface area contributed by atoms with E-state index in [1.807, 2.05) is 18.2 Å². The van der Waals surface area contributed by atoms with Crippen LogP contribution in [0, 0.1) is 6.92 Å². The molecule has 0 unspecified atom stereocenters. The summed E-state index contributed by atoms with van der Waals surface area (Å²) >= 11 is 1.76. The van der Waals surface area contributed by atoms with Gasteiger partial charge in [-0.25, -0.2) is 0 Å². The van der Waals surface area contributed by atoms with Gasteiger partial charge in [0.2, 0.25) is 0 Å². The molecule has 1 nitrogen and oxygen atoms in total. The smallest absolute Gasteiger partial charge is 0.116 e. The molecule has 1 N–H and O–H groups in total. The Bertz CT molecular complexity index is 683. The number of phenols is 1. The topological polar surface area (TPSA) is 20.2 Å². The van der Waals surface area contributed by atoms with Crippen molar-refractivity contribution in [2.45, 2.75) is 13.3 Å². The first kappa shape index (κ1) is 11.3. The first-order valence-electron chi connectivity index (χ1n) is 5.97. The Morgan fingerprint density at radius 1 is 1.11 bits per heavy atom. The molecule has 0 saturated carbocycles. The van der Waals surface area contributed by atoms with Gasteiger partial charge in [-0.3, -0.25) is 0 Å². The molecule has 0 saturated heterocycles. The summed E-state index contributed by atoms with van der Waals surface area (Å²) in [5.41, 5.74) is 3.71. The summed E-state index contributed by atoms with van der Waals surface area (Å²) in [6.07, 6.45) is 0.867. The van der Waals surface area contributed by atoms with Gasteiger partial charge in [-0.2, -0.15) is 0 Å². The number of benzene rings is 2. The van der Waals surface area contributed by atoms with Crippen LogP contribution in [0.2, 0.25) is 0 Å². The second-order valence-corrected chi connectivity index (χ2v) is 5.44. The minimum absolute atomic E-state index is 0.356. The maximum atomic E-state index is 9.84. The van der Waals surface area contributed by atoms with E-state index in [1.165, 1.54) is 26.8 Å². The standard InChI is InChI=1S/C16H14OS/c1-11-10-18-16-13(8-14(17)9-15(11)16)7-12-5-3-2-4-6-12/h2-6,8-10,17H,7H2,1H3. The van der Waals surface area contributed by atoms with Crippen LogP contribution in [-0.4, -0.2) is 5.11 Å². The van der Waals surface area contributed by atoms with E-state index >= 15 is 0 Å². The Morgan fingerprint density at radius 2 is 1.89 bits per heavy atom. The van der Waals surface area contributed by atoms with Gasteiger partial charge >= 0.3 is 0 Å². The van der Waals surface area contributed by atoms with E-state index in [2.05, 4.69) is 36.6 Å². The third-order valence-corrected chi connectivity index (χ3v) is 4.36. The molecule has 1 heterocycles. The van der Waals surface area contributed by atoms with Crippen molar-refractivity contribution in [3.8, 4) is 5.75 Å². The molecule has 0 radical (unpaired) electrons. The van der Waals surface area contributed by atoms with E-state index < -0.39 is 0 Å². The van der Waals surface area contributed by atoms with E-state index in [0.29, 0.717) is 5.75 Å². The second-order valence-electron chi connectivity index (χ2n) is 4.56. The number of thiophene rings is 1. The van der Waals surface area contributed by atoms with Crippen LogP contribution in [-0.2, 0) is 6.42 Å². The number of phenolic OH excluding ortho intramolecular Hbond substituents is 1. The average molecular weight is 254 g/mol. The van der Waals surface area contributed by atoms with Gasteiger partial charge in [0.05, 0.1) is 0 Å². The number of aromatic hydroxyl groups is 1. The summed E-state index contributed by atoms with van der Waals surface area (Å²) in [6, 6.07) is 14.1. The zero-order valence-electron chi connectivity index (χ0n) is 10.2. The van der Waals surface area contributed by atoms with E-state index in [0.717, 1.165) is 6.42 Å². The quantitative estimate of drug-likeness (QED) is 0.713. The molecule has 2 aromatic carbocycles. The van der Waals surface area contributed by atoms with Crippen molar-refractivity contribution >= 4 is 21.4 Å². The molecule has 3 aromatic rings. The molecule has 0 atom stereocenters. The van der Waals surface area contributed by atoms with E-state index in [-0.39, 0.29) is 0 Å². The summed E-state index contributed by atoms with van der Waals surface area (Å²) in [5.74, 6) is 0.356. The predicted octanol–water partition coefficient (Wildman–Crippen LogP) is 4.51. The molecule has 2 heteroatoms. The summed E-state index contributed by atoms with van der Waals surface area (Å²) in [4.78, 5) is 0. The molecule has 0 spiro atoms. The predicted molar refractivity (Wildman–Crippen MR) is 77.5 cm³/mol. The van der Waals surface area contributed by atoms with Crippen LogP contribution < -0.4 is 0 Å². The Morgan fingerprint density at radius 3 is 2.67 bits per heavy atom. The molecular weight excluding hydrogens is 240 g/mol. The van der Waals surface area contributed by atoms with E-state index in [1.54, 1.807) is 11.3 Å². The lowest BCUT2D eigenvalue weighted by Crippen LogP contribution is -1.88. The minimum Gasteiger partial charge on any atom is -0.508 e. The van der Waals surface area contributed by atoms with Gasteiger partial charge in [-0.15, -0.1) is 11.3 Å². The number of aryl methyl sites for hydroxylation is 1. The fourth-order valence-electron chi connectivity index (χ4n) is 2.26. The van der Waals surface area contributed by atoms with Crippen LogP contribution in [0.25, 0.3) is 10.1 Å². The van der Waals surface area contributed by atoms with Gasteiger partial charge in [-0.1, -0.05) is 30.3 Å². The molecule has 0 bridgehead atoms. The van der Waals surface area contributed by atoms with Crippen LogP contribution in [0.3, 0.4) is 0 Å². The van der Waals surface area contributed by atoms with Crippen molar-refractivity contribution in [3.63, 3.8) is 0 Å². The first-order valence-corrected chi connectivity index (χ1v) is 6.85. The van der Waals surface area contributed by atoms with Crippen molar-refractivity contribution in [2.24, 2.45) is 0 Å². The van der Waals surface area contributed by atoms with Crippen LogP contribution in [0.4, 0.5) is 0 Å². The molecule has 90 valence electrons. The van der Waals surface area contributed by atoms with Crippen molar-refractivity contribution in [2.75, 3.05) is 0 Å². The molecule has 0 amide bonds. The average Bonchev–Trinajstić information content (AvgIpc) is 2.73. The molecule has 0 aliphatic heterocycles. The Hall–Kier alpha value is -1.80. The van der Waals surface area contributed by atoms with Crippen molar-refractivity contribution in [1.82, 2.24) is 0 Å². The Kier molecular flexibility index (Phi) is 2.80. The molecule has 0 aliphatic carbocycles. The summed E-state index contributed by atoms with van der Waals surface area (Å²) in [5, 5.41) is 13.2. The number of hydrogen-bond donors (Lipinski definition) is 1.